The molecule has 0 rings (SSSR count). The molecule has 0 bridgehead atoms. The molecule has 0 aliphatic rings. The third-order valence-electron chi connectivity index (χ3n) is 1.43. The monoisotopic (exact) mass is 393 g/mol. The molecule has 0 unspecified atom stereocenters. The van der Waals surface area contributed by atoms with Crippen LogP contribution in [0.1, 0.15) is 13.8 Å². The number of nitrogens with two attached hydrogens (primary N) is 1. The molecule has 0 aliphatic heterocycles. The number of nitrogens with zero attached hydrogens (tertiary/aromatic N) is 1. The fourth-order valence-electron chi connectivity index (χ4n) is 0.239. The van der Waals surface area contributed by atoms with E-state index in [0.717, 1.165) is 0 Å². The van der Waals surface area contributed by atoms with Crippen LogP contribution in [-0.2, 0) is 9.59 Å². The van der Waals surface area contributed by atoms with Crippen molar-refractivity contribution in [2.45, 2.75) is 13.8 Å². The predicted octanol–water partition coefficient (Wildman–Crippen LogP) is 2.29. The Labute approximate surface area is 162 Å². The van der Waals surface area contributed by atoms with Gasteiger partial charge in [-0.05, 0) is 13.8 Å². The van der Waals surface area contributed by atoms with Crippen LogP contribution in [0.15, 0.2) is 50.6 Å². The molecule has 0 aromatic rings. The normalized spacial score (nSPS) is 6.62. The highest BCUT2D eigenvalue weighted by atomic mass is 35.5. The van der Waals surface area contributed by atoms with Crippen LogP contribution in [0.4, 0.5) is 0 Å². The van der Waals surface area contributed by atoms with Gasteiger partial charge in [0.2, 0.25) is 0 Å². The minimum Gasteiger partial charge on any atom is -0.478 e. The van der Waals surface area contributed by atoms with E-state index in [1.54, 1.807) is 14.1 Å². The smallest absolute Gasteiger partial charge is 0.330 e. The van der Waals surface area contributed by atoms with Gasteiger partial charge in [0.05, 0.1) is 0 Å². The molecule has 0 fully saturated rings. The summed E-state index contributed by atoms with van der Waals surface area (Å²) in [6, 6.07) is 0. The number of rotatable bonds is 2. The first-order chi connectivity index (χ1) is 11.3. The first kappa shape index (κ1) is 38.5. The molecule has 26 heavy (non-hydrogen) atoms. The summed E-state index contributed by atoms with van der Waals surface area (Å²) in [4.78, 5) is 20.7. The molecule has 0 aromatic carbocycles. The summed E-state index contributed by atoms with van der Waals surface area (Å²) in [7, 11) is 3.39. The van der Waals surface area contributed by atoms with Crippen LogP contribution in [0.2, 0.25) is 0 Å². The molecule has 0 radical (unpaired) electrons. The fraction of sp³-hybridized carbons (Fsp3) is 0.250. The number of guanidine groups is 2. The number of hydrogen-bond acceptors (Lipinski definition) is 4. The summed E-state index contributed by atoms with van der Waals surface area (Å²) in [5, 5.41) is 31.9. The molecular formula is C16H32ClN5O4. The molecule has 0 spiro atoms. The average Bonchev–Trinajstić information content (AvgIpc) is 2.51. The van der Waals surface area contributed by atoms with E-state index in [1.165, 1.54) is 18.7 Å². The SMILES string of the molecule is C=C.C=C.C=C(C)C(=O)O.C=C(C)C(=O)O.CN(C)C(=N)NC(=N)N.Cl. The lowest BCUT2D eigenvalue weighted by atomic mass is 10.4. The molecule has 0 heterocycles. The number of aliphatic carboxylic acids is 2. The maximum atomic E-state index is 9.60. The van der Waals surface area contributed by atoms with E-state index in [-0.39, 0.29) is 35.5 Å². The van der Waals surface area contributed by atoms with Gasteiger partial charge in [-0.2, -0.15) is 0 Å². The van der Waals surface area contributed by atoms with Crippen molar-refractivity contribution in [2.24, 2.45) is 5.73 Å². The number of nitrogens with one attached hydrogen (secondary N) is 3. The maximum absolute atomic E-state index is 9.60. The van der Waals surface area contributed by atoms with Crippen molar-refractivity contribution in [3.05, 3.63) is 50.6 Å². The highest BCUT2D eigenvalue weighted by molar-refractivity contribution is 5.94. The second kappa shape index (κ2) is 26.8. The van der Waals surface area contributed by atoms with E-state index in [4.69, 9.17) is 26.8 Å². The third kappa shape index (κ3) is 49.7. The van der Waals surface area contributed by atoms with Crippen LogP contribution >= 0.6 is 12.4 Å². The van der Waals surface area contributed by atoms with Gasteiger partial charge in [0.15, 0.2) is 11.9 Å². The van der Waals surface area contributed by atoms with Crippen molar-refractivity contribution in [2.75, 3.05) is 14.1 Å². The zero-order valence-corrected chi connectivity index (χ0v) is 16.7. The molecule has 0 saturated heterocycles. The van der Waals surface area contributed by atoms with E-state index in [0.29, 0.717) is 0 Å². The van der Waals surface area contributed by atoms with E-state index >= 15 is 0 Å². The Morgan fingerprint density at radius 1 is 0.923 bits per heavy atom. The van der Waals surface area contributed by atoms with Crippen molar-refractivity contribution >= 4 is 36.3 Å². The van der Waals surface area contributed by atoms with Gasteiger partial charge in [-0.3, -0.25) is 16.1 Å². The predicted molar refractivity (Wildman–Crippen MR) is 111 cm³/mol. The van der Waals surface area contributed by atoms with E-state index in [2.05, 4.69) is 44.8 Å². The molecule has 9 nitrogen and oxygen atoms in total. The Hall–Kier alpha value is -3.07. The van der Waals surface area contributed by atoms with Crippen LogP contribution in [0, 0.1) is 10.8 Å². The van der Waals surface area contributed by atoms with Gasteiger partial charge in [-0.15, -0.1) is 38.7 Å². The van der Waals surface area contributed by atoms with Gasteiger partial charge in [0.1, 0.15) is 0 Å². The van der Waals surface area contributed by atoms with Crippen molar-refractivity contribution in [3.8, 4) is 0 Å². The third-order valence-corrected chi connectivity index (χ3v) is 1.43. The molecule has 0 amide bonds. The lowest BCUT2D eigenvalue weighted by Crippen LogP contribution is -2.42. The topological polar surface area (TPSA) is 164 Å². The second-order valence-electron chi connectivity index (χ2n) is 3.95. The van der Waals surface area contributed by atoms with Gasteiger partial charge in [0, 0.05) is 25.2 Å². The second-order valence-corrected chi connectivity index (χ2v) is 3.95. The summed E-state index contributed by atoms with van der Waals surface area (Å²) in [6.07, 6.45) is 0. The molecule has 7 N–H and O–H groups in total. The van der Waals surface area contributed by atoms with Crippen molar-refractivity contribution in [3.63, 3.8) is 0 Å². The number of carboxylic acid groups (broad SMARTS) is 2. The highest BCUT2D eigenvalue weighted by Crippen LogP contribution is 1.81. The molecule has 152 valence electrons. The van der Waals surface area contributed by atoms with Crippen LogP contribution in [0.5, 0.6) is 0 Å². The molecule has 0 atom stereocenters. The minimum absolute atomic E-state index is 0. The van der Waals surface area contributed by atoms with Crippen LogP contribution in [0.3, 0.4) is 0 Å². The van der Waals surface area contributed by atoms with E-state index in [1.807, 2.05) is 0 Å². The Bertz CT molecular complexity index is 416. The molecule has 0 saturated carbocycles. The summed E-state index contributed by atoms with van der Waals surface area (Å²) in [5.41, 5.74) is 5.29. The summed E-state index contributed by atoms with van der Waals surface area (Å²) < 4.78 is 0. The van der Waals surface area contributed by atoms with Gasteiger partial charge in [-0.25, -0.2) is 9.59 Å². The van der Waals surface area contributed by atoms with Gasteiger partial charge < -0.3 is 20.8 Å². The van der Waals surface area contributed by atoms with Gasteiger partial charge in [0.25, 0.3) is 0 Å². The summed E-state index contributed by atoms with van der Waals surface area (Å²) in [5.74, 6) is -1.97. The Morgan fingerprint density at radius 3 is 1.15 bits per heavy atom. The molecular weight excluding hydrogens is 362 g/mol. The van der Waals surface area contributed by atoms with Gasteiger partial charge in [-0.1, -0.05) is 13.2 Å². The Balaban J connectivity index is -0.0000000527. The average molecular weight is 394 g/mol. The zero-order valence-electron chi connectivity index (χ0n) is 15.9. The van der Waals surface area contributed by atoms with Gasteiger partial charge >= 0.3 is 11.9 Å². The Kier molecular flexibility index (Phi) is 39.7. The molecule has 0 aromatic heterocycles. The standard InChI is InChI=1S/C4H11N5.2C4H6O2.2C2H4.ClH/c1-9(2)4(7)8-3(5)6;2*1-3(2)4(5)6;2*1-2;/h1-2H3,(H5,5,6,7,8);2*1H2,2H3,(H,5,6);2*1-2H2;1H. The first-order valence-electron chi connectivity index (χ1n) is 6.47. The zero-order chi connectivity index (χ0) is 21.7. The highest BCUT2D eigenvalue weighted by Gasteiger charge is 1.96. The Morgan fingerprint density at radius 2 is 1.12 bits per heavy atom. The lowest BCUT2D eigenvalue weighted by Gasteiger charge is -2.13. The van der Waals surface area contributed by atoms with Crippen LogP contribution in [-0.4, -0.2) is 53.1 Å². The van der Waals surface area contributed by atoms with Crippen LogP contribution < -0.4 is 11.1 Å². The molecule has 0 aliphatic carbocycles. The maximum Gasteiger partial charge on any atom is 0.330 e. The largest absolute Gasteiger partial charge is 0.478 e. The number of hydrogen-bond donors (Lipinski definition) is 6. The van der Waals surface area contributed by atoms with Crippen LogP contribution in [0.25, 0.3) is 0 Å². The number of carbonyl (C=O) groups is 2. The quantitative estimate of drug-likeness (QED) is 0.181. The lowest BCUT2D eigenvalue weighted by molar-refractivity contribution is -0.133. The van der Waals surface area contributed by atoms with E-state index in [9.17, 15) is 9.59 Å². The number of carboxylic acids is 2. The number of halogens is 1. The van der Waals surface area contributed by atoms with E-state index < -0.39 is 11.9 Å². The molecule has 10 heteroatoms. The van der Waals surface area contributed by atoms with Crippen molar-refractivity contribution < 1.29 is 19.8 Å². The summed E-state index contributed by atoms with van der Waals surface area (Å²) in [6.45, 7) is 21.2. The fourth-order valence-corrected chi connectivity index (χ4v) is 0.239. The van der Waals surface area contributed by atoms with Crippen molar-refractivity contribution in [1.82, 2.24) is 10.2 Å². The summed E-state index contributed by atoms with van der Waals surface area (Å²) >= 11 is 0. The first-order valence-corrected chi connectivity index (χ1v) is 6.47. The van der Waals surface area contributed by atoms with Crippen molar-refractivity contribution in [1.29, 1.82) is 10.8 Å². The minimum atomic E-state index is -0.935.